The monoisotopic (exact) mass is 659 g/mol. The van der Waals surface area contributed by atoms with Crippen LogP contribution in [0.15, 0.2) is 95.9 Å². The molecule has 0 unspecified atom stereocenters. The molecule has 0 saturated heterocycles. The lowest BCUT2D eigenvalue weighted by molar-refractivity contribution is -0.387. The summed E-state index contributed by atoms with van der Waals surface area (Å²) in [4.78, 5) is 48.3. The molecule has 0 amide bonds. The molecule has 2 aliphatic rings. The van der Waals surface area contributed by atoms with Crippen molar-refractivity contribution >= 4 is 52.4 Å². The quantitative estimate of drug-likeness (QED) is 0.0660. The number of thioether (sulfide) groups is 1. The Balaban J connectivity index is 1.36. The van der Waals surface area contributed by atoms with Crippen molar-refractivity contribution in [3.63, 3.8) is 0 Å². The third kappa shape index (κ3) is 5.88. The third-order valence-corrected chi connectivity index (χ3v) is 10.5. The minimum absolute atomic E-state index is 0.00560. The standard InChI is InChI=1S/C33H26ClN3O8S/c1-44-33(39)21-6-2-4-8-26(21)45-32(38)19-12-15-24-22(16-19)29-23(31(35-24)18-10-13-20(14-11-18)36(40)41)17-28(30(29)34)46-27-9-5-3-7-25(27)37(42)43/h2-16,23,28-31,35H,17H2,1H3/t23-,28-,29+,30-,31-/m0/s1. The van der Waals surface area contributed by atoms with E-state index in [2.05, 4.69) is 5.32 Å². The number of halogens is 1. The van der Waals surface area contributed by atoms with Crippen molar-refractivity contribution < 1.29 is 28.9 Å². The lowest BCUT2D eigenvalue weighted by Gasteiger charge is -2.38. The van der Waals surface area contributed by atoms with E-state index in [4.69, 9.17) is 21.1 Å². The molecule has 0 radical (unpaired) electrons. The number of methoxy groups -OCH3 is 1. The number of nitrogens with zero attached hydrogens (tertiary/aromatic N) is 2. The van der Waals surface area contributed by atoms with Crippen LogP contribution in [0.2, 0.25) is 0 Å². The fourth-order valence-electron chi connectivity index (χ4n) is 6.24. The maximum Gasteiger partial charge on any atom is 0.343 e. The number of rotatable bonds is 8. The van der Waals surface area contributed by atoms with Crippen LogP contribution in [-0.4, -0.2) is 39.5 Å². The van der Waals surface area contributed by atoms with Gasteiger partial charge in [-0.3, -0.25) is 20.2 Å². The molecule has 1 aliphatic heterocycles. The Hall–Kier alpha value is -4.94. The first-order valence-corrected chi connectivity index (χ1v) is 15.6. The number of non-ortho nitro benzene ring substituents is 1. The number of benzene rings is 4. The number of alkyl halides is 1. The summed E-state index contributed by atoms with van der Waals surface area (Å²) in [6.45, 7) is 0. The van der Waals surface area contributed by atoms with Gasteiger partial charge in [-0.15, -0.1) is 23.4 Å². The lowest BCUT2D eigenvalue weighted by Crippen LogP contribution is -2.31. The Morgan fingerprint density at radius 2 is 1.63 bits per heavy atom. The first kappa shape index (κ1) is 31.1. The third-order valence-electron chi connectivity index (χ3n) is 8.35. The first-order chi connectivity index (χ1) is 22.2. The molecule has 1 heterocycles. The number of carbonyl (C=O) groups excluding carboxylic acids is 2. The summed E-state index contributed by atoms with van der Waals surface area (Å²) in [7, 11) is 1.24. The van der Waals surface area contributed by atoms with Crippen LogP contribution in [0.25, 0.3) is 0 Å². The second kappa shape index (κ2) is 12.8. The highest BCUT2D eigenvalue weighted by Gasteiger charge is 2.50. The van der Waals surface area contributed by atoms with Gasteiger partial charge in [0.25, 0.3) is 11.4 Å². The Morgan fingerprint density at radius 1 is 0.913 bits per heavy atom. The highest BCUT2D eigenvalue weighted by atomic mass is 35.5. The number of hydrogen-bond donors (Lipinski definition) is 1. The smallest absolute Gasteiger partial charge is 0.343 e. The molecule has 1 saturated carbocycles. The number of fused-ring (bicyclic) bond motifs is 3. The number of para-hydroxylation sites is 2. The van der Waals surface area contributed by atoms with Crippen LogP contribution in [0.5, 0.6) is 5.75 Å². The molecule has 1 N–H and O–H groups in total. The van der Waals surface area contributed by atoms with E-state index in [9.17, 15) is 29.8 Å². The summed E-state index contributed by atoms with van der Waals surface area (Å²) in [6.07, 6.45) is 0.574. The van der Waals surface area contributed by atoms with Gasteiger partial charge in [-0.2, -0.15) is 0 Å². The van der Waals surface area contributed by atoms with Crippen LogP contribution >= 0.6 is 23.4 Å². The maximum atomic E-state index is 13.4. The summed E-state index contributed by atoms with van der Waals surface area (Å²) in [5.41, 5.74) is 2.66. The number of hydrogen-bond acceptors (Lipinski definition) is 10. The Morgan fingerprint density at radius 3 is 2.35 bits per heavy atom. The second-order valence-corrected chi connectivity index (χ2v) is 12.7. The molecule has 1 aliphatic carbocycles. The van der Waals surface area contributed by atoms with E-state index in [0.717, 1.165) is 16.8 Å². The van der Waals surface area contributed by atoms with Gasteiger partial charge in [0.15, 0.2) is 0 Å². The van der Waals surface area contributed by atoms with Gasteiger partial charge < -0.3 is 14.8 Å². The average molecular weight is 660 g/mol. The van der Waals surface area contributed by atoms with Crippen LogP contribution in [-0.2, 0) is 4.74 Å². The van der Waals surface area contributed by atoms with Crippen LogP contribution < -0.4 is 10.1 Å². The zero-order valence-electron chi connectivity index (χ0n) is 24.2. The second-order valence-electron chi connectivity index (χ2n) is 10.9. The van der Waals surface area contributed by atoms with Gasteiger partial charge in [0, 0.05) is 35.1 Å². The highest BCUT2D eigenvalue weighted by molar-refractivity contribution is 8.00. The Bertz CT molecular complexity index is 1850. The molecular weight excluding hydrogens is 634 g/mol. The molecule has 13 heteroatoms. The minimum atomic E-state index is -0.678. The number of anilines is 1. The van der Waals surface area contributed by atoms with E-state index in [-0.39, 0.29) is 51.4 Å². The molecule has 0 bridgehead atoms. The summed E-state index contributed by atoms with van der Waals surface area (Å²) >= 11 is 8.59. The molecule has 4 aromatic rings. The van der Waals surface area contributed by atoms with E-state index >= 15 is 0 Å². The SMILES string of the molecule is COC(=O)c1ccccc1OC(=O)c1ccc2c(c1)[C@H]1[C@@H](Cl)[C@@H](Sc3ccccc3[N+](=O)[O-])C[C@@H]1[C@H](c1ccc([N+](=O)[O-])cc1)N2. The number of nitro groups is 2. The largest absolute Gasteiger partial charge is 0.465 e. The van der Waals surface area contributed by atoms with Crippen LogP contribution in [0.3, 0.4) is 0 Å². The van der Waals surface area contributed by atoms with Crippen molar-refractivity contribution in [2.45, 2.75) is 33.9 Å². The van der Waals surface area contributed by atoms with Gasteiger partial charge in [-0.25, -0.2) is 9.59 Å². The van der Waals surface area contributed by atoms with E-state index in [1.54, 1.807) is 60.7 Å². The summed E-state index contributed by atoms with van der Waals surface area (Å²) in [6, 6.07) is 24.0. The lowest BCUT2D eigenvalue weighted by atomic mass is 9.77. The summed E-state index contributed by atoms with van der Waals surface area (Å²) in [5, 5.41) is 25.9. The molecule has 6 rings (SSSR count). The van der Waals surface area contributed by atoms with Gasteiger partial charge in [-0.1, -0.05) is 36.4 Å². The van der Waals surface area contributed by atoms with Crippen molar-refractivity contribution in [1.29, 1.82) is 0 Å². The van der Waals surface area contributed by atoms with Crippen molar-refractivity contribution in [2.24, 2.45) is 5.92 Å². The van der Waals surface area contributed by atoms with Crippen molar-refractivity contribution in [2.75, 3.05) is 12.4 Å². The van der Waals surface area contributed by atoms with Crippen LogP contribution in [0, 0.1) is 26.1 Å². The fraction of sp³-hybridized carbons (Fsp3) is 0.212. The molecule has 1 fully saturated rings. The molecule has 0 aromatic heterocycles. The topological polar surface area (TPSA) is 151 Å². The molecular formula is C33H26ClN3O8S. The predicted octanol–water partition coefficient (Wildman–Crippen LogP) is 7.55. The zero-order chi connectivity index (χ0) is 32.5. The van der Waals surface area contributed by atoms with Crippen molar-refractivity contribution in [3.05, 3.63) is 133 Å². The Labute approximate surface area is 272 Å². The molecule has 4 aromatic carbocycles. The number of esters is 2. The molecule has 0 spiro atoms. The zero-order valence-corrected chi connectivity index (χ0v) is 25.8. The molecule has 11 nitrogen and oxygen atoms in total. The van der Waals surface area contributed by atoms with E-state index in [1.807, 2.05) is 0 Å². The number of carbonyl (C=O) groups is 2. The number of nitrogens with one attached hydrogen (secondary N) is 1. The average Bonchev–Trinajstić information content (AvgIpc) is 3.39. The maximum absolute atomic E-state index is 13.4. The van der Waals surface area contributed by atoms with E-state index in [1.165, 1.54) is 49.2 Å². The minimum Gasteiger partial charge on any atom is -0.465 e. The molecule has 234 valence electrons. The van der Waals surface area contributed by atoms with Gasteiger partial charge >= 0.3 is 11.9 Å². The van der Waals surface area contributed by atoms with Crippen LogP contribution in [0.1, 0.15) is 50.2 Å². The highest BCUT2D eigenvalue weighted by Crippen LogP contribution is 2.58. The van der Waals surface area contributed by atoms with Crippen molar-refractivity contribution in [1.82, 2.24) is 0 Å². The van der Waals surface area contributed by atoms with Crippen molar-refractivity contribution in [3.8, 4) is 5.75 Å². The summed E-state index contributed by atoms with van der Waals surface area (Å²) in [5.74, 6) is -1.67. The Kier molecular flexibility index (Phi) is 8.65. The predicted molar refractivity (Wildman–Crippen MR) is 172 cm³/mol. The van der Waals surface area contributed by atoms with Crippen LogP contribution in [0.4, 0.5) is 17.1 Å². The van der Waals surface area contributed by atoms with Gasteiger partial charge in [-0.05, 0) is 59.9 Å². The fourth-order valence-corrected chi connectivity index (χ4v) is 8.18. The molecule has 5 atom stereocenters. The number of nitro benzene ring substituents is 2. The molecule has 46 heavy (non-hydrogen) atoms. The van der Waals surface area contributed by atoms with Gasteiger partial charge in [0.2, 0.25) is 0 Å². The summed E-state index contributed by atoms with van der Waals surface area (Å²) < 4.78 is 10.4. The first-order valence-electron chi connectivity index (χ1n) is 14.2. The van der Waals surface area contributed by atoms with E-state index < -0.39 is 27.2 Å². The number of ether oxygens (including phenoxy) is 2. The normalized spacial score (nSPS) is 21.3. The van der Waals surface area contributed by atoms with E-state index in [0.29, 0.717) is 11.3 Å². The van der Waals surface area contributed by atoms with Gasteiger partial charge in [0.05, 0.1) is 38.8 Å². The van der Waals surface area contributed by atoms with Gasteiger partial charge in [0.1, 0.15) is 11.3 Å².